The molecule has 148 heavy (non-hydrogen) atoms. The van der Waals surface area contributed by atoms with Crippen LogP contribution in [-0.2, 0) is 0 Å². The second kappa shape index (κ2) is 37.5. The molecule has 0 bridgehead atoms. The second-order valence-corrected chi connectivity index (χ2v) is 37.2. The summed E-state index contributed by atoms with van der Waals surface area (Å²) < 4.78 is 7.16. The highest BCUT2D eigenvalue weighted by Crippen LogP contribution is 2.50. The molecule has 0 saturated carbocycles. The molecule has 0 spiro atoms. The number of anilines is 9. The van der Waals surface area contributed by atoms with Gasteiger partial charge in [-0.15, -0.1) is 0 Å². The molecule has 0 aliphatic carbocycles. The SMILES string of the molecule is [C-]#[N+]c1ccc(N(c2ccc(-c3ccccc3)cc2)c2ccc(-c3ccc4c5c3ccc3cccc(c35)n4-c3ccccc3)cc2)cc1.[C-]#[N+]c1ccc(N(c2ccc(-c3cccnc3)cc2)c2ccc(-c3ccc4c5c3ccc3cccc(c35)n4-c3ccccc3)cc2)cc1.[C-]#[N+]c1ccc(N(c2ccc(-c3cnc4ccccc4c3)cc2)c2ccc(-c3ccc4c5c3ccc3cccc(c35)n4-c3ccccc3)cc2)cc1. The first-order valence-corrected chi connectivity index (χ1v) is 49.5. The molecule has 11 nitrogen and oxygen atoms in total. The summed E-state index contributed by atoms with van der Waals surface area (Å²) >= 11 is 0. The maximum Gasteiger partial charge on any atom is 0.187 e. The molecule has 0 radical (unpaired) electrons. The minimum absolute atomic E-state index is 0.618. The number of nitrogens with zero attached hydrogens (tertiary/aromatic N) is 11. The van der Waals surface area contributed by atoms with Crippen molar-refractivity contribution in [3.05, 3.63) is 562 Å². The number of rotatable bonds is 18. The van der Waals surface area contributed by atoms with Gasteiger partial charge in [0.15, 0.2) is 17.1 Å². The van der Waals surface area contributed by atoms with Crippen LogP contribution in [0.25, 0.3) is 207 Å². The third-order valence-electron chi connectivity index (χ3n) is 28.8. The third kappa shape index (κ3) is 15.7. The zero-order valence-electron chi connectivity index (χ0n) is 80.1. The first-order chi connectivity index (χ1) is 73.3. The van der Waals surface area contributed by atoms with E-state index in [1.165, 1.54) is 137 Å². The fourth-order valence-corrected chi connectivity index (χ4v) is 21.9. The van der Waals surface area contributed by atoms with Gasteiger partial charge in [0.1, 0.15) is 0 Å². The minimum atomic E-state index is 0.618. The predicted octanol–water partition coefficient (Wildman–Crippen LogP) is 38.1. The minimum Gasteiger partial charge on any atom is -0.311 e. The number of benzene rings is 23. The van der Waals surface area contributed by atoms with Crippen molar-refractivity contribution in [2.45, 2.75) is 0 Å². The zero-order valence-corrected chi connectivity index (χ0v) is 80.1. The van der Waals surface area contributed by atoms with Crippen LogP contribution < -0.4 is 14.7 Å². The van der Waals surface area contributed by atoms with Crippen LogP contribution in [0, 0.1) is 19.7 Å². The normalized spacial score (nSPS) is 11.4. The average molecular weight is 1890 g/mol. The van der Waals surface area contributed by atoms with Crippen LogP contribution in [0.5, 0.6) is 0 Å². The van der Waals surface area contributed by atoms with Crippen molar-refractivity contribution in [3.63, 3.8) is 0 Å². The molecule has 5 heterocycles. The summed E-state index contributed by atoms with van der Waals surface area (Å²) in [5.41, 5.74) is 36.8. The van der Waals surface area contributed by atoms with E-state index >= 15 is 0 Å². The molecule has 23 aromatic carbocycles. The van der Waals surface area contributed by atoms with E-state index in [1.807, 2.05) is 116 Å². The summed E-state index contributed by atoms with van der Waals surface area (Å²) in [5, 5.41) is 16.4. The van der Waals surface area contributed by atoms with Gasteiger partial charge in [0.05, 0.1) is 58.3 Å². The van der Waals surface area contributed by atoms with Crippen LogP contribution >= 0.6 is 0 Å². The third-order valence-corrected chi connectivity index (χ3v) is 28.8. The largest absolute Gasteiger partial charge is 0.311 e. The average Bonchev–Trinajstić information content (AvgIpc) is 1.56. The smallest absolute Gasteiger partial charge is 0.187 e. The van der Waals surface area contributed by atoms with Crippen LogP contribution in [0.15, 0.2) is 528 Å². The van der Waals surface area contributed by atoms with E-state index in [0.717, 1.165) is 107 Å². The van der Waals surface area contributed by atoms with E-state index in [4.69, 9.17) is 19.7 Å². The van der Waals surface area contributed by atoms with Crippen molar-refractivity contribution in [2.75, 3.05) is 14.7 Å². The lowest BCUT2D eigenvalue weighted by molar-refractivity contribution is 1.18. The number of hydrogen-bond acceptors (Lipinski definition) is 5. The van der Waals surface area contributed by atoms with Crippen LogP contribution in [-0.4, -0.2) is 23.7 Å². The predicted molar refractivity (Wildman–Crippen MR) is 617 cm³/mol. The Hall–Kier alpha value is -20.5. The monoisotopic (exact) mass is 1890 g/mol. The quantitative estimate of drug-likeness (QED) is 0.0633. The standard InChI is InChI=1S/C48H30N4.C45H29N3.C44H28N4/c1-49-37-19-25-41(26-20-37)51(39-21-14-32(15-22-39)36-30-35-8-5-6-12-44(35)50-31-36)40-23-16-33(17-24-40)42-28-29-46-48-43(42)27-18-34-9-7-13-45(47(34)48)52(46)38-10-3-2-4-11-38;1-46-35-20-26-39(27-21-35)47(37-22-15-32(16-23-37)31-9-4-2-5-10-31)38-24-17-33(18-25-38)40-29-30-43-45-41(40)28-19-34-11-8-14-42(44(34)45)48(43)36-12-6-3-7-13-36;1-45-34-17-23-38(24-18-34)47(36-19-12-30(13-20-36)33-8-6-28-46-29-33)37-21-14-31(15-22-37)39-26-27-42-44-40(39)25-16-32-7-5-11-41(43(32)44)48(42)35-9-3-2-4-10-35/h2-31H;2-30H;2-29H. The molecule has 0 saturated heterocycles. The first-order valence-electron chi connectivity index (χ1n) is 49.5. The molecule has 28 rings (SSSR count). The molecular weight excluding hydrogens is 1800 g/mol. The van der Waals surface area contributed by atoms with Gasteiger partial charge in [0.25, 0.3) is 0 Å². The second-order valence-electron chi connectivity index (χ2n) is 37.2. The Bertz CT molecular complexity index is 9540. The van der Waals surface area contributed by atoms with E-state index < -0.39 is 0 Å². The van der Waals surface area contributed by atoms with E-state index in [0.29, 0.717) is 17.1 Å². The van der Waals surface area contributed by atoms with Gasteiger partial charge in [-0.2, -0.15) is 0 Å². The van der Waals surface area contributed by atoms with Gasteiger partial charge in [0.2, 0.25) is 0 Å². The van der Waals surface area contributed by atoms with Gasteiger partial charge in [-0.1, -0.05) is 309 Å². The molecule has 0 unspecified atom stereocenters. The van der Waals surface area contributed by atoms with Gasteiger partial charge in [-0.05, 0) is 294 Å². The number of fused-ring (bicyclic) bond motifs is 1. The van der Waals surface area contributed by atoms with Crippen LogP contribution in [0.1, 0.15) is 0 Å². The number of hydrogen-bond donors (Lipinski definition) is 0. The summed E-state index contributed by atoms with van der Waals surface area (Å²) in [6.45, 7) is 22.4. The molecule has 690 valence electrons. The van der Waals surface area contributed by atoms with Crippen molar-refractivity contribution < 1.29 is 0 Å². The molecule has 0 atom stereocenters. The summed E-state index contributed by atoms with van der Waals surface area (Å²) in [5.74, 6) is 0. The molecule has 5 aromatic heterocycles. The van der Waals surface area contributed by atoms with Gasteiger partial charge >= 0.3 is 0 Å². The Morgan fingerprint density at radius 1 is 0.189 bits per heavy atom. The van der Waals surface area contributed by atoms with Crippen LogP contribution in [0.3, 0.4) is 0 Å². The first kappa shape index (κ1) is 87.7. The Kier molecular flexibility index (Phi) is 22.2. The lowest BCUT2D eigenvalue weighted by Gasteiger charge is -2.26. The Morgan fingerprint density at radius 2 is 0.459 bits per heavy atom. The van der Waals surface area contributed by atoms with Crippen molar-refractivity contribution in [2.24, 2.45) is 0 Å². The van der Waals surface area contributed by atoms with E-state index in [-0.39, 0.29) is 0 Å². The van der Waals surface area contributed by atoms with Crippen LogP contribution in [0.2, 0.25) is 0 Å². The van der Waals surface area contributed by atoms with Crippen molar-refractivity contribution in [3.8, 4) is 83.8 Å². The van der Waals surface area contributed by atoms with Gasteiger partial charge in [-0.25, -0.2) is 14.5 Å². The topological polar surface area (TPSA) is 63.4 Å². The Balaban J connectivity index is 0.000000112. The molecular formula is C137H87N11. The molecule has 0 N–H and O–H groups in total. The Labute approximate surface area is 855 Å². The maximum absolute atomic E-state index is 7.49. The maximum atomic E-state index is 7.49. The molecule has 0 fully saturated rings. The zero-order chi connectivity index (χ0) is 98.7. The highest BCUT2D eigenvalue weighted by atomic mass is 15.2. The van der Waals surface area contributed by atoms with Gasteiger partial charge < -0.3 is 28.4 Å². The van der Waals surface area contributed by atoms with Crippen molar-refractivity contribution in [1.82, 2.24) is 23.7 Å². The fourth-order valence-electron chi connectivity index (χ4n) is 21.9. The lowest BCUT2D eigenvalue weighted by Crippen LogP contribution is -2.09. The van der Waals surface area contributed by atoms with Crippen LogP contribution in [0.4, 0.5) is 68.2 Å². The number of aromatic nitrogens is 5. The molecule has 28 aromatic rings. The summed E-state index contributed by atoms with van der Waals surface area (Å²) in [6, 6.07) is 179. The molecule has 11 heteroatoms. The number of para-hydroxylation sites is 4. The molecule has 0 amide bonds. The van der Waals surface area contributed by atoms with Crippen molar-refractivity contribution in [1.29, 1.82) is 0 Å². The lowest BCUT2D eigenvalue weighted by atomic mass is 9.94. The van der Waals surface area contributed by atoms with E-state index in [9.17, 15) is 0 Å². The fraction of sp³-hybridized carbons (Fsp3) is 0. The highest BCUT2D eigenvalue weighted by molar-refractivity contribution is 6.29. The molecule has 0 aliphatic heterocycles. The number of pyridine rings is 2. The van der Waals surface area contributed by atoms with E-state index in [2.05, 4.69) is 459 Å². The van der Waals surface area contributed by atoms with E-state index in [1.54, 1.807) is 6.20 Å². The Morgan fingerprint density at radius 3 is 0.784 bits per heavy atom. The van der Waals surface area contributed by atoms with Crippen molar-refractivity contribution >= 4 is 177 Å². The summed E-state index contributed by atoms with van der Waals surface area (Å²) in [6.07, 6.45) is 5.62. The summed E-state index contributed by atoms with van der Waals surface area (Å²) in [7, 11) is 0. The highest BCUT2D eigenvalue weighted by Gasteiger charge is 2.26. The molecule has 0 aliphatic rings. The van der Waals surface area contributed by atoms with Gasteiger partial charge in [-0.3, -0.25) is 9.97 Å². The summed E-state index contributed by atoms with van der Waals surface area (Å²) in [4.78, 5) is 26.5. The van der Waals surface area contributed by atoms with Gasteiger partial charge in [0, 0.05) is 130 Å².